The van der Waals surface area contributed by atoms with E-state index in [1.807, 2.05) is 19.3 Å². The number of carbonyl (C=O) groups excluding carboxylic acids is 1. The van der Waals surface area contributed by atoms with Gasteiger partial charge in [0.05, 0.1) is 11.6 Å². The van der Waals surface area contributed by atoms with E-state index < -0.39 is 0 Å². The van der Waals surface area contributed by atoms with Crippen LogP contribution in [0, 0.1) is 11.3 Å². The SMILES string of the molecule is Cn1ccc(NC2CCN(c3ccc(C#N)cc3)C2=O)n1. The molecule has 21 heavy (non-hydrogen) atoms. The minimum atomic E-state index is -0.254. The first-order chi connectivity index (χ1) is 10.2. The van der Waals surface area contributed by atoms with Gasteiger partial charge in [-0.25, -0.2) is 0 Å². The average molecular weight is 281 g/mol. The molecule has 1 aromatic carbocycles. The summed E-state index contributed by atoms with van der Waals surface area (Å²) in [6, 6.07) is 10.7. The van der Waals surface area contributed by atoms with E-state index in [1.165, 1.54) is 0 Å². The molecule has 1 fully saturated rings. The van der Waals surface area contributed by atoms with Crippen LogP contribution in [0.4, 0.5) is 11.5 Å². The number of nitrogens with one attached hydrogen (secondary N) is 1. The molecule has 1 aliphatic heterocycles. The quantitative estimate of drug-likeness (QED) is 0.925. The molecule has 2 aromatic rings. The molecule has 6 nitrogen and oxygen atoms in total. The molecular formula is C15H15N5O. The molecule has 1 aliphatic rings. The van der Waals surface area contributed by atoms with Gasteiger partial charge in [-0.1, -0.05) is 0 Å². The van der Waals surface area contributed by atoms with Gasteiger partial charge in [-0.05, 0) is 30.7 Å². The van der Waals surface area contributed by atoms with E-state index in [2.05, 4.69) is 16.5 Å². The normalized spacial score (nSPS) is 17.8. The van der Waals surface area contributed by atoms with Crippen molar-refractivity contribution in [2.75, 3.05) is 16.8 Å². The average Bonchev–Trinajstić information content (AvgIpc) is 3.07. The summed E-state index contributed by atoms with van der Waals surface area (Å²) in [5.41, 5.74) is 1.41. The van der Waals surface area contributed by atoms with E-state index in [9.17, 15) is 4.79 Å². The fourth-order valence-corrected chi connectivity index (χ4v) is 2.46. The molecule has 1 saturated heterocycles. The first kappa shape index (κ1) is 13.2. The van der Waals surface area contributed by atoms with Gasteiger partial charge in [0.25, 0.3) is 0 Å². The van der Waals surface area contributed by atoms with E-state index in [1.54, 1.807) is 33.8 Å². The summed E-state index contributed by atoms with van der Waals surface area (Å²) in [7, 11) is 1.84. The van der Waals surface area contributed by atoms with E-state index in [4.69, 9.17) is 5.26 Å². The van der Waals surface area contributed by atoms with Crippen molar-refractivity contribution in [3.63, 3.8) is 0 Å². The Morgan fingerprint density at radius 3 is 2.71 bits per heavy atom. The maximum Gasteiger partial charge on any atom is 0.249 e. The molecule has 3 rings (SSSR count). The number of amides is 1. The largest absolute Gasteiger partial charge is 0.357 e. The van der Waals surface area contributed by atoms with Crippen molar-refractivity contribution in [1.82, 2.24) is 9.78 Å². The summed E-state index contributed by atoms with van der Waals surface area (Å²) in [5.74, 6) is 0.739. The lowest BCUT2D eigenvalue weighted by Crippen LogP contribution is -2.33. The van der Waals surface area contributed by atoms with Gasteiger partial charge >= 0.3 is 0 Å². The van der Waals surface area contributed by atoms with Gasteiger partial charge in [-0.3, -0.25) is 9.48 Å². The summed E-state index contributed by atoms with van der Waals surface area (Å²) in [4.78, 5) is 14.2. The van der Waals surface area contributed by atoms with Crippen molar-refractivity contribution in [3.05, 3.63) is 42.1 Å². The van der Waals surface area contributed by atoms with E-state index in [0.29, 0.717) is 17.9 Å². The molecule has 1 unspecified atom stereocenters. The Hall–Kier alpha value is -2.81. The molecule has 0 radical (unpaired) electrons. The Kier molecular flexibility index (Phi) is 3.32. The number of carbonyl (C=O) groups is 1. The Morgan fingerprint density at radius 2 is 2.10 bits per heavy atom. The molecule has 106 valence electrons. The number of nitriles is 1. The van der Waals surface area contributed by atoms with Crippen LogP contribution in [-0.2, 0) is 11.8 Å². The predicted molar refractivity (Wildman–Crippen MR) is 78.7 cm³/mol. The summed E-state index contributed by atoms with van der Waals surface area (Å²) >= 11 is 0. The highest BCUT2D eigenvalue weighted by Crippen LogP contribution is 2.23. The molecule has 0 saturated carbocycles. The third-order valence-electron chi connectivity index (χ3n) is 3.55. The van der Waals surface area contributed by atoms with E-state index in [0.717, 1.165) is 12.1 Å². The van der Waals surface area contributed by atoms with Crippen LogP contribution in [0.2, 0.25) is 0 Å². The van der Waals surface area contributed by atoms with Gasteiger partial charge in [0.15, 0.2) is 0 Å². The number of rotatable bonds is 3. The van der Waals surface area contributed by atoms with Crippen molar-refractivity contribution in [2.45, 2.75) is 12.5 Å². The molecule has 1 aromatic heterocycles. The standard InChI is InChI=1S/C15H15N5O/c1-19-8-7-14(18-19)17-13-6-9-20(15(13)21)12-4-2-11(10-16)3-5-12/h2-5,7-8,13H,6,9H2,1H3,(H,17,18). The number of hydrogen-bond acceptors (Lipinski definition) is 4. The van der Waals surface area contributed by atoms with Gasteiger partial charge in [-0.15, -0.1) is 0 Å². The van der Waals surface area contributed by atoms with E-state index >= 15 is 0 Å². The van der Waals surface area contributed by atoms with Gasteiger partial charge in [0.1, 0.15) is 11.9 Å². The fourth-order valence-electron chi connectivity index (χ4n) is 2.46. The maximum atomic E-state index is 12.4. The highest BCUT2D eigenvalue weighted by molar-refractivity contribution is 6.00. The van der Waals surface area contributed by atoms with Crippen LogP contribution >= 0.6 is 0 Å². The number of aryl methyl sites for hydroxylation is 1. The second kappa shape index (κ2) is 5.29. The van der Waals surface area contributed by atoms with Gasteiger partial charge < -0.3 is 10.2 Å². The van der Waals surface area contributed by atoms with Crippen molar-refractivity contribution < 1.29 is 4.79 Å². The molecule has 6 heteroatoms. The second-order valence-electron chi connectivity index (χ2n) is 5.01. The van der Waals surface area contributed by atoms with Crippen molar-refractivity contribution in [3.8, 4) is 6.07 Å². The predicted octanol–water partition coefficient (Wildman–Crippen LogP) is 1.51. The first-order valence-corrected chi connectivity index (χ1v) is 6.75. The van der Waals surface area contributed by atoms with Crippen LogP contribution in [0.15, 0.2) is 36.5 Å². The topological polar surface area (TPSA) is 74.0 Å². The van der Waals surface area contributed by atoms with Crippen LogP contribution in [0.1, 0.15) is 12.0 Å². The number of aromatic nitrogens is 2. The summed E-state index contributed by atoms with van der Waals surface area (Å²) in [6.45, 7) is 0.662. The third-order valence-corrected chi connectivity index (χ3v) is 3.55. The molecule has 0 aliphatic carbocycles. The molecule has 0 spiro atoms. The Bertz CT molecular complexity index is 698. The zero-order chi connectivity index (χ0) is 14.8. The van der Waals surface area contributed by atoms with Crippen LogP contribution in [-0.4, -0.2) is 28.3 Å². The zero-order valence-corrected chi connectivity index (χ0v) is 11.7. The number of anilines is 2. The Labute approximate surface area is 122 Å². The van der Waals surface area contributed by atoms with Crippen molar-refractivity contribution in [2.24, 2.45) is 7.05 Å². The molecule has 2 heterocycles. The molecule has 1 amide bonds. The molecular weight excluding hydrogens is 266 g/mol. The number of nitrogens with zero attached hydrogens (tertiary/aromatic N) is 4. The van der Waals surface area contributed by atoms with Crippen LogP contribution < -0.4 is 10.2 Å². The monoisotopic (exact) mass is 281 g/mol. The third kappa shape index (κ3) is 2.58. The van der Waals surface area contributed by atoms with Gasteiger partial charge in [0.2, 0.25) is 5.91 Å². The van der Waals surface area contributed by atoms with E-state index in [-0.39, 0.29) is 11.9 Å². The highest BCUT2D eigenvalue weighted by Gasteiger charge is 2.32. The second-order valence-corrected chi connectivity index (χ2v) is 5.01. The maximum absolute atomic E-state index is 12.4. The highest BCUT2D eigenvalue weighted by atomic mass is 16.2. The lowest BCUT2D eigenvalue weighted by atomic mass is 10.2. The number of hydrogen-bond donors (Lipinski definition) is 1. The Morgan fingerprint density at radius 1 is 1.33 bits per heavy atom. The first-order valence-electron chi connectivity index (χ1n) is 6.75. The lowest BCUT2D eigenvalue weighted by Gasteiger charge is -2.17. The summed E-state index contributed by atoms with van der Waals surface area (Å²) in [5, 5.41) is 16.2. The van der Waals surface area contributed by atoms with Crippen LogP contribution in [0.25, 0.3) is 0 Å². The van der Waals surface area contributed by atoms with Crippen LogP contribution in [0.3, 0.4) is 0 Å². The fraction of sp³-hybridized carbons (Fsp3) is 0.267. The summed E-state index contributed by atoms with van der Waals surface area (Å²) < 4.78 is 1.69. The minimum absolute atomic E-state index is 0.0327. The molecule has 1 N–H and O–H groups in total. The zero-order valence-electron chi connectivity index (χ0n) is 11.7. The smallest absolute Gasteiger partial charge is 0.249 e. The number of benzene rings is 1. The molecule has 0 bridgehead atoms. The van der Waals surface area contributed by atoms with Crippen LogP contribution in [0.5, 0.6) is 0 Å². The molecule has 1 atom stereocenters. The van der Waals surface area contributed by atoms with Gasteiger partial charge in [-0.2, -0.15) is 10.4 Å². The van der Waals surface area contributed by atoms with Crippen molar-refractivity contribution >= 4 is 17.4 Å². The lowest BCUT2D eigenvalue weighted by molar-refractivity contribution is -0.117. The van der Waals surface area contributed by atoms with Crippen molar-refractivity contribution in [1.29, 1.82) is 5.26 Å². The Balaban J connectivity index is 1.72. The minimum Gasteiger partial charge on any atom is -0.357 e. The van der Waals surface area contributed by atoms with Gasteiger partial charge in [0, 0.05) is 31.5 Å². The summed E-state index contributed by atoms with van der Waals surface area (Å²) in [6.07, 6.45) is 2.57.